The SMILES string of the molecule is C1=Cn2cccc2C1COCc1ccccc1. The lowest BCUT2D eigenvalue weighted by Crippen LogP contribution is -2.04. The molecule has 0 radical (unpaired) electrons. The van der Waals surface area contributed by atoms with Crippen molar-refractivity contribution < 1.29 is 4.74 Å². The van der Waals surface area contributed by atoms with E-state index in [4.69, 9.17) is 4.74 Å². The number of ether oxygens (including phenoxy) is 1. The maximum Gasteiger partial charge on any atom is 0.0717 e. The standard InChI is InChI=1S/C15H15NO/c1-2-5-13(6-3-1)11-17-12-14-8-10-16-9-4-7-15(14)16/h1-10,14H,11-12H2. The first-order chi connectivity index (χ1) is 8.43. The van der Waals surface area contributed by atoms with E-state index < -0.39 is 0 Å². The van der Waals surface area contributed by atoms with Gasteiger partial charge in [0.1, 0.15) is 0 Å². The molecule has 0 spiro atoms. The Kier molecular flexibility index (Phi) is 2.80. The van der Waals surface area contributed by atoms with Crippen LogP contribution in [0.3, 0.4) is 0 Å². The zero-order valence-corrected chi connectivity index (χ0v) is 9.62. The third-order valence-electron chi connectivity index (χ3n) is 3.08. The Hall–Kier alpha value is -1.80. The second-order valence-corrected chi connectivity index (χ2v) is 4.29. The Morgan fingerprint density at radius 1 is 1.06 bits per heavy atom. The van der Waals surface area contributed by atoms with Crippen molar-refractivity contribution in [1.29, 1.82) is 0 Å². The fraction of sp³-hybridized carbons (Fsp3) is 0.200. The van der Waals surface area contributed by atoms with Crippen molar-refractivity contribution >= 4 is 6.20 Å². The Morgan fingerprint density at radius 3 is 2.82 bits per heavy atom. The van der Waals surface area contributed by atoms with Crippen LogP contribution in [0, 0.1) is 0 Å². The van der Waals surface area contributed by atoms with Gasteiger partial charge in [0.05, 0.1) is 13.2 Å². The molecule has 2 aromatic rings. The van der Waals surface area contributed by atoms with Crippen LogP contribution in [0.25, 0.3) is 6.20 Å². The van der Waals surface area contributed by atoms with Crippen molar-refractivity contribution in [3.05, 3.63) is 66.0 Å². The van der Waals surface area contributed by atoms with Crippen molar-refractivity contribution in [3.8, 4) is 0 Å². The maximum absolute atomic E-state index is 5.77. The van der Waals surface area contributed by atoms with Crippen LogP contribution in [-0.4, -0.2) is 11.2 Å². The fourth-order valence-electron chi connectivity index (χ4n) is 2.17. The second-order valence-electron chi connectivity index (χ2n) is 4.29. The summed E-state index contributed by atoms with van der Waals surface area (Å²) in [5.74, 6) is 0.397. The van der Waals surface area contributed by atoms with Crippen molar-refractivity contribution in [3.63, 3.8) is 0 Å². The summed E-state index contributed by atoms with van der Waals surface area (Å²) in [4.78, 5) is 0. The average molecular weight is 225 g/mol. The first-order valence-corrected chi connectivity index (χ1v) is 5.90. The minimum Gasteiger partial charge on any atom is -0.376 e. The van der Waals surface area contributed by atoms with Gasteiger partial charge in [-0.3, -0.25) is 0 Å². The van der Waals surface area contributed by atoms with Gasteiger partial charge in [0.25, 0.3) is 0 Å². The van der Waals surface area contributed by atoms with Crippen molar-refractivity contribution in [2.45, 2.75) is 12.5 Å². The van der Waals surface area contributed by atoms with E-state index >= 15 is 0 Å². The van der Waals surface area contributed by atoms with Crippen LogP contribution in [0.1, 0.15) is 17.2 Å². The zero-order valence-electron chi connectivity index (χ0n) is 9.62. The molecule has 0 saturated heterocycles. The summed E-state index contributed by atoms with van der Waals surface area (Å²) in [6.45, 7) is 1.43. The summed E-state index contributed by atoms with van der Waals surface area (Å²) in [6, 6.07) is 14.5. The van der Waals surface area contributed by atoms with Gasteiger partial charge in [0, 0.05) is 24.0 Å². The summed E-state index contributed by atoms with van der Waals surface area (Å²) in [5.41, 5.74) is 2.54. The average Bonchev–Trinajstić information content (AvgIpc) is 2.95. The van der Waals surface area contributed by atoms with Crippen LogP contribution in [0.5, 0.6) is 0 Å². The molecular formula is C15H15NO. The highest BCUT2D eigenvalue weighted by molar-refractivity contribution is 5.41. The third kappa shape index (κ3) is 2.17. The predicted molar refractivity (Wildman–Crippen MR) is 68.6 cm³/mol. The molecule has 3 rings (SSSR count). The molecular weight excluding hydrogens is 210 g/mol. The monoisotopic (exact) mass is 225 g/mol. The summed E-state index contributed by atoms with van der Waals surface area (Å²) in [5, 5.41) is 0. The topological polar surface area (TPSA) is 14.2 Å². The highest BCUT2D eigenvalue weighted by Gasteiger charge is 2.16. The highest BCUT2D eigenvalue weighted by atomic mass is 16.5. The number of nitrogens with zero attached hydrogens (tertiary/aromatic N) is 1. The minimum absolute atomic E-state index is 0.397. The number of hydrogen-bond donors (Lipinski definition) is 0. The Labute approximate surface area is 101 Å². The first-order valence-electron chi connectivity index (χ1n) is 5.90. The molecule has 1 aromatic carbocycles. The van der Waals surface area contributed by atoms with Gasteiger partial charge in [-0.25, -0.2) is 0 Å². The van der Waals surface area contributed by atoms with E-state index in [9.17, 15) is 0 Å². The zero-order chi connectivity index (χ0) is 11.5. The number of hydrogen-bond acceptors (Lipinski definition) is 1. The van der Waals surface area contributed by atoms with Gasteiger partial charge in [0.15, 0.2) is 0 Å². The summed E-state index contributed by atoms with van der Waals surface area (Å²) >= 11 is 0. The van der Waals surface area contributed by atoms with E-state index in [1.54, 1.807) is 0 Å². The van der Waals surface area contributed by atoms with E-state index in [2.05, 4.69) is 47.3 Å². The highest BCUT2D eigenvalue weighted by Crippen LogP contribution is 2.25. The quantitative estimate of drug-likeness (QED) is 0.779. The molecule has 0 amide bonds. The van der Waals surface area contributed by atoms with Gasteiger partial charge in [-0.1, -0.05) is 36.4 Å². The van der Waals surface area contributed by atoms with Crippen LogP contribution in [0.4, 0.5) is 0 Å². The van der Waals surface area contributed by atoms with Crippen molar-refractivity contribution in [2.75, 3.05) is 6.61 Å². The molecule has 0 N–H and O–H groups in total. The summed E-state index contributed by atoms with van der Waals surface area (Å²) in [7, 11) is 0. The molecule has 86 valence electrons. The van der Waals surface area contributed by atoms with Gasteiger partial charge >= 0.3 is 0 Å². The van der Waals surface area contributed by atoms with Gasteiger partial charge in [0.2, 0.25) is 0 Å². The Bertz CT molecular complexity index is 513. The van der Waals surface area contributed by atoms with Crippen LogP contribution >= 0.6 is 0 Å². The van der Waals surface area contributed by atoms with Crippen LogP contribution in [-0.2, 0) is 11.3 Å². The van der Waals surface area contributed by atoms with Crippen LogP contribution in [0.15, 0.2) is 54.7 Å². The molecule has 1 aromatic heterocycles. The largest absolute Gasteiger partial charge is 0.376 e. The van der Waals surface area contributed by atoms with Crippen LogP contribution < -0.4 is 0 Å². The molecule has 0 saturated carbocycles. The van der Waals surface area contributed by atoms with Gasteiger partial charge < -0.3 is 9.30 Å². The van der Waals surface area contributed by atoms with Gasteiger partial charge in [-0.15, -0.1) is 0 Å². The smallest absolute Gasteiger partial charge is 0.0717 e. The lowest BCUT2D eigenvalue weighted by atomic mass is 10.1. The number of benzene rings is 1. The molecule has 2 heteroatoms. The fourth-order valence-corrected chi connectivity index (χ4v) is 2.17. The van der Waals surface area contributed by atoms with Crippen molar-refractivity contribution in [1.82, 2.24) is 4.57 Å². The molecule has 1 aliphatic heterocycles. The predicted octanol–water partition coefficient (Wildman–Crippen LogP) is 3.27. The maximum atomic E-state index is 5.77. The third-order valence-corrected chi connectivity index (χ3v) is 3.08. The molecule has 1 atom stereocenters. The van der Waals surface area contributed by atoms with E-state index in [-0.39, 0.29) is 0 Å². The lowest BCUT2D eigenvalue weighted by Gasteiger charge is -2.09. The molecule has 2 nitrogen and oxygen atoms in total. The van der Waals surface area contributed by atoms with Crippen LogP contribution in [0.2, 0.25) is 0 Å². The van der Waals surface area contributed by atoms with E-state index in [0.717, 1.165) is 6.61 Å². The van der Waals surface area contributed by atoms with Gasteiger partial charge in [-0.2, -0.15) is 0 Å². The normalized spacial score (nSPS) is 17.3. The molecule has 1 unspecified atom stereocenters. The molecule has 1 aliphatic rings. The molecule has 0 bridgehead atoms. The van der Waals surface area contributed by atoms with Gasteiger partial charge in [-0.05, 0) is 17.7 Å². The summed E-state index contributed by atoms with van der Waals surface area (Å²) in [6.07, 6.45) is 6.37. The number of aromatic nitrogens is 1. The summed E-state index contributed by atoms with van der Waals surface area (Å²) < 4.78 is 7.91. The molecule has 0 fully saturated rings. The second kappa shape index (κ2) is 4.60. The first kappa shape index (κ1) is 10.4. The lowest BCUT2D eigenvalue weighted by molar-refractivity contribution is 0.115. The Balaban J connectivity index is 1.55. The van der Waals surface area contributed by atoms with E-state index in [0.29, 0.717) is 12.5 Å². The number of fused-ring (bicyclic) bond motifs is 1. The Morgan fingerprint density at radius 2 is 1.94 bits per heavy atom. The molecule has 0 aliphatic carbocycles. The molecule has 2 heterocycles. The van der Waals surface area contributed by atoms with Crippen molar-refractivity contribution in [2.24, 2.45) is 0 Å². The molecule has 17 heavy (non-hydrogen) atoms. The van der Waals surface area contributed by atoms with E-state index in [1.165, 1.54) is 11.3 Å². The minimum atomic E-state index is 0.397. The van der Waals surface area contributed by atoms with E-state index in [1.807, 2.05) is 18.2 Å². The number of rotatable bonds is 4.